The molecule has 2 aromatic carbocycles. The molecular formula is C16H16N2O. The predicted molar refractivity (Wildman–Crippen MR) is 75.8 cm³/mol. The third kappa shape index (κ3) is 2.69. The van der Waals surface area contributed by atoms with Gasteiger partial charge in [0, 0.05) is 16.8 Å². The quantitative estimate of drug-likeness (QED) is 0.852. The van der Waals surface area contributed by atoms with E-state index < -0.39 is 0 Å². The number of nitriles is 1. The van der Waals surface area contributed by atoms with Gasteiger partial charge in [0.2, 0.25) is 0 Å². The van der Waals surface area contributed by atoms with E-state index in [4.69, 9.17) is 15.7 Å². The lowest BCUT2D eigenvalue weighted by Crippen LogP contribution is -2.02. The van der Waals surface area contributed by atoms with Crippen molar-refractivity contribution in [3.63, 3.8) is 0 Å². The maximum absolute atomic E-state index is 9.04. The van der Waals surface area contributed by atoms with Crippen LogP contribution >= 0.6 is 0 Å². The lowest BCUT2D eigenvalue weighted by molar-refractivity contribution is 0.302. The molecule has 0 heterocycles. The SMILES string of the molecule is Cc1ccc(N)c(C)c1OCc1ccccc1C#N. The van der Waals surface area contributed by atoms with Crippen molar-refractivity contribution >= 4 is 5.69 Å². The summed E-state index contributed by atoms with van der Waals surface area (Å²) in [5, 5.41) is 9.04. The molecule has 0 fully saturated rings. The smallest absolute Gasteiger partial charge is 0.127 e. The summed E-state index contributed by atoms with van der Waals surface area (Å²) in [5.74, 6) is 0.799. The molecule has 3 heteroatoms. The van der Waals surface area contributed by atoms with Crippen molar-refractivity contribution < 1.29 is 4.74 Å². The molecule has 0 saturated carbocycles. The molecule has 0 aromatic heterocycles. The molecule has 19 heavy (non-hydrogen) atoms. The topological polar surface area (TPSA) is 59.0 Å². The fraction of sp³-hybridized carbons (Fsp3) is 0.188. The van der Waals surface area contributed by atoms with Crippen LogP contribution in [0.15, 0.2) is 36.4 Å². The fourth-order valence-corrected chi connectivity index (χ4v) is 1.97. The fourth-order valence-electron chi connectivity index (χ4n) is 1.97. The Hall–Kier alpha value is -2.47. The number of anilines is 1. The molecule has 2 N–H and O–H groups in total. The first-order valence-electron chi connectivity index (χ1n) is 6.10. The van der Waals surface area contributed by atoms with E-state index in [1.807, 2.05) is 44.2 Å². The number of hydrogen-bond donors (Lipinski definition) is 1. The minimum atomic E-state index is 0.370. The summed E-state index contributed by atoms with van der Waals surface area (Å²) >= 11 is 0. The molecule has 0 bridgehead atoms. The van der Waals surface area contributed by atoms with Crippen LogP contribution in [-0.4, -0.2) is 0 Å². The van der Waals surface area contributed by atoms with Gasteiger partial charge in [0.05, 0.1) is 11.6 Å². The van der Waals surface area contributed by atoms with Crippen LogP contribution < -0.4 is 10.5 Å². The monoisotopic (exact) mass is 252 g/mol. The van der Waals surface area contributed by atoms with E-state index in [1.165, 1.54) is 0 Å². The van der Waals surface area contributed by atoms with Crippen LogP contribution in [-0.2, 0) is 6.61 Å². The molecule has 0 spiro atoms. The van der Waals surface area contributed by atoms with E-state index in [0.717, 1.165) is 22.4 Å². The Labute approximate surface area is 113 Å². The van der Waals surface area contributed by atoms with Gasteiger partial charge < -0.3 is 10.5 Å². The van der Waals surface area contributed by atoms with Gasteiger partial charge in [0.25, 0.3) is 0 Å². The normalized spacial score (nSPS) is 9.95. The van der Waals surface area contributed by atoms with E-state index in [9.17, 15) is 0 Å². The highest BCUT2D eigenvalue weighted by atomic mass is 16.5. The highest BCUT2D eigenvalue weighted by molar-refractivity contribution is 5.56. The lowest BCUT2D eigenvalue weighted by Gasteiger charge is -2.14. The number of nitrogens with two attached hydrogens (primary N) is 1. The maximum Gasteiger partial charge on any atom is 0.127 e. The standard InChI is InChI=1S/C16H16N2O/c1-11-7-8-15(18)12(2)16(11)19-10-14-6-4-3-5-13(14)9-17/h3-8H,10,18H2,1-2H3. The van der Waals surface area contributed by atoms with Crippen LogP contribution in [0, 0.1) is 25.2 Å². The summed E-state index contributed by atoms with van der Waals surface area (Å²) in [6.07, 6.45) is 0. The number of hydrogen-bond acceptors (Lipinski definition) is 3. The molecule has 0 saturated heterocycles. The molecule has 0 atom stereocenters. The van der Waals surface area contributed by atoms with Crippen molar-refractivity contribution in [3.05, 3.63) is 58.7 Å². The van der Waals surface area contributed by atoms with Crippen molar-refractivity contribution in [1.29, 1.82) is 5.26 Å². The number of nitrogen functional groups attached to an aromatic ring is 1. The Morgan fingerprint density at radius 1 is 1.16 bits per heavy atom. The zero-order chi connectivity index (χ0) is 13.8. The molecule has 0 radical (unpaired) electrons. The molecule has 96 valence electrons. The van der Waals surface area contributed by atoms with Gasteiger partial charge in [-0.05, 0) is 31.5 Å². The minimum absolute atomic E-state index is 0.370. The Morgan fingerprint density at radius 2 is 1.89 bits per heavy atom. The highest BCUT2D eigenvalue weighted by Gasteiger charge is 2.08. The summed E-state index contributed by atoms with van der Waals surface area (Å²) in [5.41, 5.74) is 10.1. The Morgan fingerprint density at radius 3 is 2.63 bits per heavy atom. The van der Waals surface area contributed by atoms with Gasteiger partial charge in [-0.2, -0.15) is 5.26 Å². The third-order valence-electron chi connectivity index (χ3n) is 3.15. The first kappa shape index (κ1) is 13.0. The largest absolute Gasteiger partial charge is 0.488 e. The van der Waals surface area contributed by atoms with Gasteiger partial charge in [0.15, 0.2) is 0 Å². The summed E-state index contributed by atoms with van der Waals surface area (Å²) in [6.45, 7) is 4.29. The highest BCUT2D eigenvalue weighted by Crippen LogP contribution is 2.28. The summed E-state index contributed by atoms with van der Waals surface area (Å²) in [7, 11) is 0. The van der Waals surface area contributed by atoms with E-state index in [0.29, 0.717) is 17.9 Å². The van der Waals surface area contributed by atoms with Gasteiger partial charge >= 0.3 is 0 Å². The molecule has 0 aliphatic carbocycles. The first-order chi connectivity index (χ1) is 9.13. The molecule has 2 rings (SSSR count). The number of benzene rings is 2. The average molecular weight is 252 g/mol. The van der Waals surface area contributed by atoms with Crippen LogP contribution in [0.1, 0.15) is 22.3 Å². The zero-order valence-electron chi connectivity index (χ0n) is 11.1. The van der Waals surface area contributed by atoms with Gasteiger partial charge in [-0.3, -0.25) is 0 Å². The van der Waals surface area contributed by atoms with E-state index in [1.54, 1.807) is 6.07 Å². The second-order valence-corrected chi connectivity index (χ2v) is 4.48. The lowest BCUT2D eigenvalue weighted by atomic mass is 10.1. The van der Waals surface area contributed by atoms with Crippen LogP contribution in [0.3, 0.4) is 0 Å². The van der Waals surface area contributed by atoms with E-state index >= 15 is 0 Å². The Kier molecular flexibility index (Phi) is 3.72. The Balaban J connectivity index is 2.25. The van der Waals surface area contributed by atoms with Crippen molar-refractivity contribution in [2.24, 2.45) is 0 Å². The van der Waals surface area contributed by atoms with Crippen LogP contribution in [0.4, 0.5) is 5.69 Å². The molecule has 0 amide bonds. The number of aryl methyl sites for hydroxylation is 1. The van der Waals surface area contributed by atoms with Crippen molar-refractivity contribution in [3.8, 4) is 11.8 Å². The van der Waals surface area contributed by atoms with Crippen LogP contribution in [0.25, 0.3) is 0 Å². The van der Waals surface area contributed by atoms with E-state index in [2.05, 4.69) is 6.07 Å². The summed E-state index contributed by atoms with van der Waals surface area (Å²) in [4.78, 5) is 0. The van der Waals surface area contributed by atoms with Crippen LogP contribution in [0.2, 0.25) is 0 Å². The second kappa shape index (κ2) is 5.45. The van der Waals surface area contributed by atoms with Gasteiger partial charge in [-0.25, -0.2) is 0 Å². The summed E-state index contributed by atoms with van der Waals surface area (Å²) < 4.78 is 5.85. The van der Waals surface area contributed by atoms with Gasteiger partial charge in [-0.15, -0.1) is 0 Å². The number of nitrogens with zero attached hydrogens (tertiary/aromatic N) is 1. The van der Waals surface area contributed by atoms with Gasteiger partial charge in [0.1, 0.15) is 12.4 Å². The third-order valence-corrected chi connectivity index (χ3v) is 3.15. The van der Waals surface area contributed by atoms with Crippen molar-refractivity contribution in [1.82, 2.24) is 0 Å². The van der Waals surface area contributed by atoms with Crippen molar-refractivity contribution in [2.75, 3.05) is 5.73 Å². The minimum Gasteiger partial charge on any atom is -0.488 e. The summed E-state index contributed by atoms with van der Waals surface area (Å²) in [6, 6.07) is 13.4. The number of ether oxygens (including phenoxy) is 1. The molecule has 2 aromatic rings. The van der Waals surface area contributed by atoms with Crippen molar-refractivity contribution in [2.45, 2.75) is 20.5 Å². The Bertz CT molecular complexity index is 642. The average Bonchev–Trinajstić information content (AvgIpc) is 2.43. The second-order valence-electron chi connectivity index (χ2n) is 4.48. The van der Waals surface area contributed by atoms with Crippen LogP contribution in [0.5, 0.6) is 5.75 Å². The first-order valence-corrected chi connectivity index (χ1v) is 6.10. The molecule has 0 aliphatic rings. The molecule has 0 aliphatic heterocycles. The maximum atomic E-state index is 9.04. The molecule has 3 nitrogen and oxygen atoms in total. The molecular weight excluding hydrogens is 236 g/mol. The zero-order valence-corrected chi connectivity index (χ0v) is 11.1. The molecule has 0 unspecified atom stereocenters. The van der Waals surface area contributed by atoms with Gasteiger partial charge in [-0.1, -0.05) is 24.3 Å². The number of rotatable bonds is 3. The van der Waals surface area contributed by atoms with E-state index in [-0.39, 0.29) is 0 Å². The predicted octanol–water partition coefficient (Wildman–Crippen LogP) is 3.34.